The fourth-order valence-corrected chi connectivity index (χ4v) is 3.67. The number of carbonyl (C=O) groups is 2. The van der Waals surface area contributed by atoms with Gasteiger partial charge in [-0.3, -0.25) is 9.69 Å². The molecule has 0 atom stereocenters. The Kier molecular flexibility index (Phi) is 7.77. The highest BCUT2D eigenvalue weighted by Crippen LogP contribution is 2.37. The maximum absolute atomic E-state index is 13.5. The van der Waals surface area contributed by atoms with Crippen LogP contribution in [0, 0.1) is 0 Å². The standard InChI is InChI=1S/C26H29NO6/c1-6-31-20-12-10-19(11-13-20)27-17(4)24(26(29)33-8-3)21(25(27)28)15-18-9-14-22(32-7-2)23(16-18)30-5/h9-16H,6-8H2,1-5H3/b21-15-. The van der Waals surface area contributed by atoms with Crippen LogP contribution in [-0.4, -0.2) is 38.8 Å². The van der Waals surface area contributed by atoms with Gasteiger partial charge in [0.2, 0.25) is 0 Å². The van der Waals surface area contributed by atoms with E-state index in [1.165, 1.54) is 4.90 Å². The topological polar surface area (TPSA) is 74.3 Å². The zero-order chi connectivity index (χ0) is 24.0. The van der Waals surface area contributed by atoms with E-state index in [0.717, 1.165) is 0 Å². The Balaban J connectivity index is 2.06. The second-order valence-electron chi connectivity index (χ2n) is 7.15. The van der Waals surface area contributed by atoms with Gasteiger partial charge in [0.25, 0.3) is 5.91 Å². The number of ether oxygens (including phenoxy) is 4. The number of esters is 1. The lowest BCUT2D eigenvalue weighted by atomic mass is 10.0. The maximum atomic E-state index is 13.5. The summed E-state index contributed by atoms with van der Waals surface area (Å²) in [5.41, 5.74) is 2.33. The van der Waals surface area contributed by atoms with Crippen molar-refractivity contribution in [2.24, 2.45) is 0 Å². The first-order valence-electron chi connectivity index (χ1n) is 10.9. The number of nitrogens with zero attached hydrogens (tertiary/aromatic N) is 1. The van der Waals surface area contributed by atoms with E-state index in [9.17, 15) is 9.59 Å². The van der Waals surface area contributed by atoms with E-state index < -0.39 is 5.97 Å². The smallest absolute Gasteiger partial charge is 0.340 e. The average Bonchev–Trinajstić information content (AvgIpc) is 3.05. The monoisotopic (exact) mass is 451 g/mol. The molecule has 174 valence electrons. The number of benzene rings is 2. The summed E-state index contributed by atoms with van der Waals surface area (Å²) in [5, 5.41) is 0. The molecule has 1 amide bonds. The minimum atomic E-state index is -0.541. The summed E-state index contributed by atoms with van der Waals surface area (Å²) in [4.78, 5) is 27.8. The Bertz CT molecular complexity index is 1080. The highest BCUT2D eigenvalue weighted by molar-refractivity contribution is 6.23. The summed E-state index contributed by atoms with van der Waals surface area (Å²) in [7, 11) is 1.55. The molecule has 3 rings (SSSR count). The number of hydrogen-bond acceptors (Lipinski definition) is 6. The van der Waals surface area contributed by atoms with Crippen LogP contribution >= 0.6 is 0 Å². The van der Waals surface area contributed by atoms with Gasteiger partial charge in [-0.25, -0.2) is 4.79 Å². The first kappa shape index (κ1) is 23.9. The van der Waals surface area contributed by atoms with Crippen molar-refractivity contribution >= 4 is 23.6 Å². The fourth-order valence-electron chi connectivity index (χ4n) is 3.67. The molecule has 33 heavy (non-hydrogen) atoms. The van der Waals surface area contributed by atoms with Crippen LogP contribution in [0.1, 0.15) is 33.3 Å². The number of anilines is 1. The van der Waals surface area contributed by atoms with Crippen LogP contribution in [0.5, 0.6) is 17.2 Å². The van der Waals surface area contributed by atoms with Gasteiger partial charge in [-0.05, 0) is 75.7 Å². The highest BCUT2D eigenvalue weighted by atomic mass is 16.5. The van der Waals surface area contributed by atoms with Crippen LogP contribution in [0.15, 0.2) is 59.3 Å². The summed E-state index contributed by atoms with van der Waals surface area (Å²) < 4.78 is 21.7. The van der Waals surface area contributed by atoms with Gasteiger partial charge in [0.1, 0.15) is 5.75 Å². The Morgan fingerprint density at radius 1 is 0.939 bits per heavy atom. The lowest BCUT2D eigenvalue weighted by molar-refractivity contribution is -0.138. The molecule has 1 aliphatic heterocycles. The van der Waals surface area contributed by atoms with Gasteiger partial charge >= 0.3 is 5.97 Å². The SMILES string of the molecule is CCOC(=O)C1=C(C)N(c2ccc(OCC)cc2)C(=O)/C1=C\c1ccc(OCC)c(OC)c1. The maximum Gasteiger partial charge on any atom is 0.340 e. The van der Waals surface area contributed by atoms with Crippen LogP contribution in [-0.2, 0) is 14.3 Å². The third-order valence-electron chi connectivity index (χ3n) is 5.08. The number of carbonyl (C=O) groups excluding carboxylic acids is 2. The lowest BCUT2D eigenvalue weighted by Crippen LogP contribution is -2.24. The van der Waals surface area contributed by atoms with Crippen LogP contribution in [0.3, 0.4) is 0 Å². The molecular weight excluding hydrogens is 422 g/mol. The van der Waals surface area contributed by atoms with Crippen molar-refractivity contribution in [3.63, 3.8) is 0 Å². The largest absolute Gasteiger partial charge is 0.494 e. The van der Waals surface area contributed by atoms with Crippen molar-refractivity contribution < 1.29 is 28.5 Å². The van der Waals surface area contributed by atoms with Gasteiger partial charge in [0.05, 0.1) is 38.1 Å². The predicted molar refractivity (Wildman–Crippen MR) is 127 cm³/mol. The molecule has 0 bridgehead atoms. The van der Waals surface area contributed by atoms with Crippen LogP contribution < -0.4 is 19.1 Å². The molecule has 0 N–H and O–H groups in total. The van der Waals surface area contributed by atoms with Gasteiger partial charge in [-0.1, -0.05) is 6.07 Å². The molecule has 0 unspecified atom stereocenters. The molecule has 1 heterocycles. The van der Waals surface area contributed by atoms with Crippen molar-refractivity contribution in [2.75, 3.05) is 31.8 Å². The number of rotatable bonds is 9. The van der Waals surface area contributed by atoms with Crippen molar-refractivity contribution in [1.29, 1.82) is 0 Å². The Labute approximate surface area is 194 Å². The first-order chi connectivity index (χ1) is 15.9. The van der Waals surface area contributed by atoms with Crippen molar-refractivity contribution in [3.05, 3.63) is 64.9 Å². The number of hydrogen-bond donors (Lipinski definition) is 0. The molecule has 0 saturated carbocycles. The van der Waals surface area contributed by atoms with Gasteiger partial charge in [0.15, 0.2) is 11.5 Å². The molecule has 0 aliphatic carbocycles. The van der Waals surface area contributed by atoms with Gasteiger partial charge < -0.3 is 18.9 Å². The molecule has 1 aliphatic rings. The normalized spacial score (nSPS) is 14.6. The van der Waals surface area contributed by atoms with E-state index in [4.69, 9.17) is 18.9 Å². The fraction of sp³-hybridized carbons (Fsp3) is 0.308. The zero-order valence-corrected chi connectivity index (χ0v) is 19.6. The third kappa shape index (κ3) is 5.03. The second kappa shape index (κ2) is 10.7. The van der Waals surface area contributed by atoms with Crippen LogP contribution in [0.25, 0.3) is 6.08 Å². The minimum Gasteiger partial charge on any atom is -0.494 e. The molecule has 2 aromatic rings. The molecule has 0 fully saturated rings. The zero-order valence-electron chi connectivity index (χ0n) is 19.6. The van der Waals surface area contributed by atoms with E-state index in [-0.39, 0.29) is 23.7 Å². The van der Waals surface area contributed by atoms with E-state index in [1.807, 2.05) is 19.9 Å². The van der Waals surface area contributed by atoms with Gasteiger partial charge in [-0.15, -0.1) is 0 Å². The number of amides is 1. The summed E-state index contributed by atoms with van der Waals surface area (Å²) in [6, 6.07) is 12.5. The molecule has 0 aromatic heterocycles. The average molecular weight is 452 g/mol. The summed E-state index contributed by atoms with van der Waals surface area (Å²) in [6.45, 7) is 8.52. The molecule has 0 saturated heterocycles. The van der Waals surface area contributed by atoms with E-state index >= 15 is 0 Å². The van der Waals surface area contributed by atoms with Crippen molar-refractivity contribution in [2.45, 2.75) is 27.7 Å². The van der Waals surface area contributed by atoms with Gasteiger partial charge in [0, 0.05) is 11.4 Å². The van der Waals surface area contributed by atoms with Crippen LogP contribution in [0.2, 0.25) is 0 Å². The summed E-state index contributed by atoms with van der Waals surface area (Å²) in [5.74, 6) is 0.998. The number of methoxy groups -OCH3 is 1. The van der Waals surface area contributed by atoms with Gasteiger partial charge in [-0.2, -0.15) is 0 Å². The summed E-state index contributed by atoms with van der Waals surface area (Å²) in [6.07, 6.45) is 1.67. The Hall–Kier alpha value is -3.74. The van der Waals surface area contributed by atoms with E-state index in [0.29, 0.717) is 47.4 Å². The summed E-state index contributed by atoms with van der Waals surface area (Å²) >= 11 is 0. The predicted octanol–water partition coefficient (Wildman–Crippen LogP) is 4.76. The van der Waals surface area contributed by atoms with Crippen molar-refractivity contribution in [1.82, 2.24) is 0 Å². The quantitative estimate of drug-likeness (QED) is 0.404. The minimum absolute atomic E-state index is 0.205. The second-order valence-corrected chi connectivity index (χ2v) is 7.15. The lowest BCUT2D eigenvalue weighted by Gasteiger charge is -2.18. The van der Waals surface area contributed by atoms with E-state index in [2.05, 4.69) is 0 Å². The highest BCUT2D eigenvalue weighted by Gasteiger charge is 2.38. The first-order valence-corrected chi connectivity index (χ1v) is 10.9. The third-order valence-corrected chi connectivity index (χ3v) is 5.08. The van der Waals surface area contributed by atoms with Crippen LogP contribution in [0.4, 0.5) is 5.69 Å². The Morgan fingerprint density at radius 3 is 2.24 bits per heavy atom. The van der Waals surface area contributed by atoms with E-state index in [1.54, 1.807) is 63.4 Å². The molecule has 7 heteroatoms. The molecule has 7 nitrogen and oxygen atoms in total. The number of allylic oxidation sites excluding steroid dienone is 1. The Morgan fingerprint density at radius 2 is 1.64 bits per heavy atom. The molecule has 0 radical (unpaired) electrons. The molecule has 2 aromatic carbocycles. The molecular formula is C26H29NO6. The molecule has 0 spiro atoms. The van der Waals surface area contributed by atoms with Crippen molar-refractivity contribution in [3.8, 4) is 17.2 Å².